The third-order valence-electron chi connectivity index (χ3n) is 4.41. The number of aryl methyl sites for hydroxylation is 1. The van der Waals surface area contributed by atoms with Crippen molar-refractivity contribution in [3.8, 4) is 0 Å². The van der Waals surface area contributed by atoms with E-state index in [1.54, 1.807) is 0 Å². The first-order valence-electron chi connectivity index (χ1n) is 8.54. The summed E-state index contributed by atoms with van der Waals surface area (Å²) in [6.45, 7) is 10.7. The molecule has 1 aromatic carbocycles. The molecule has 0 atom stereocenters. The van der Waals surface area contributed by atoms with E-state index in [4.69, 9.17) is 0 Å². The fourth-order valence-electron chi connectivity index (χ4n) is 3.30. The van der Waals surface area contributed by atoms with Crippen LogP contribution in [0.25, 0.3) is 0 Å². The highest BCUT2D eigenvalue weighted by atomic mass is 16.1. The molecule has 1 N–H and O–H groups in total. The first-order valence-corrected chi connectivity index (χ1v) is 8.54. The summed E-state index contributed by atoms with van der Waals surface area (Å²) in [4.78, 5) is 14.7. The van der Waals surface area contributed by atoms with Crippen molar-refractivity contribution < 1.29 is 4.79 Å². The molecule has 2 aromatic rings. The molecule has 5 heteroatoms. The van der Waals surface area contributed by atoms with Crippen LogP contribution in [0.3, 0.4) is 0 Å². The van der Waals surface area contributed by atoms with Gasteiger partial charge >= 0.3 is 0 Å². The quantitative estimate of drug-likeness (QED) is 0.940. The molecule has 1 aliphatic heterocycles. The van der Waals surface area contributed by atoms with Crippen molar-refractivity contribution in [3.05, 3.63) is 47.3 Å². The molecule has 5 nitrogen and oxygen atoms in total. The van der Waals surface area contributed by atoms with Gasteiger partial charge < -0.3 is 10.2 Å². The maximum absolute atomic E-state index is 12.4. The van der Waals surface area contributed by atoms with Crippen LogP contribution in [0.1, 0.15) is 42.5 Å². The molecule has 0 unspecified atom stereocenters. The number of amides is 1. The van der Waals surface area contributed by atoms with Crippen LogP contribution in [0.4, 0.5) is 5.69 Å². The topological polar surface area (TPSA) is 50.2 Å². The minimum Gasteiger partial charge on any atom is -0.369 e. The maximum Gasteiger partial charge on any atom is 0.271 e. The molecule has 1 aromatic heterocycles. The molecule has 0 radical (unpaired) electrons. The lowest BCUT2D eigenvalue weighted by molar-refractivity contribution is 0.0948. The summed E-state index contributed by atoms with van der Waals surface area (Å²) in [5.74, 6) is -0.103. The average molecular weight is 326 g/mol. The normalized spacial score (nSPS) is 13.9. The smallest absolute Gasteiger partial charge is 0.271 e. The Morgan fingerprint density at radius 1 is 1.29 bits per heavy atom. The molecule has 0 aliphatic carbocycles. The molecule has 3 rings (SSSR count). The van der Waals surface area contributed by atoms with E-state index in [0.29, 0.717) is 12.2 Å². The monoisotopic (exact) mass is 326 g/mol. The zero-order valence-corrected chi connectivity index (χ0v) is 15.0. The summed E-state index contributed by atoms with van der Waals surface area (Å²) in [5.41, 5.74) is 4.05. The van der Waals surface area contributed by atoms with Crippen LogP contribution in [0.5, 0.6) is 0 Å². The highest BCUT2D eigenvalue weighted by molar-refractivity contribution is 5.92. The molecule has 0 bridgehead atoms. The number of nitrogens with zero attached hydrogens (tertiary/aromatic N) is 3. The van der Waals surface area contributed by atoms with Gasteiger partial charge in [0.1, 0.15) is 5.69 Å². The third-order valence-corrected chi connectivity index (χ3v) is 4.41. The second-order valence-electron chi connectivity index (χ2n) is 7.38. The van der Waals surface area contributed by atoms with E-state index < -0.39 is 0 Å². The van der Waals surface area contributed by atoms with Crippen LogP contribution in [0.15, 0.2) is 30.3 Å². The van der Waals surface area contributed by atoms with Gasteiger partial charge in [0.2, 0.25) is 0 Å². The molecular formula is C19H26N4O. The Kier molecular flexibility index (Phi) is 4.35. The SMILES string of the molecule is Cc1cc(C(=O)NCCN2CCc3ccccc32)nn1C(C)(C)C. The molecule has 2 heterocycles. The van der Waals surface area contributed by atoms with Gasteiger partial charge in [0.05, 0.1) is 5.54 Å². The number of para-hydroxylation sites is 1. The number of carbonyl (C=O) groups is 1. The Hall–Kier alpha value is -2.30. The molecule has 0 saturated heterocycles. The Labute approximate surface area is 143 Å². The minimum atomic E-state index is -0.123. The van der Waals surface area contributed by atoms with Gasteiger partial charge in [-0.25, -0.2) is 0 Å². The summed E-state index contributed by atoms with van der Waals surface area (Å²) in [6.07, 6.45) is 1.08. The van der Waals surface area contributed by atoms with E-state index >= 15 is 0 Å². The van der Waals surface area contributed by atoms with E-state index in [-0.39, 0.29) is 11.4 Å². The van der Waals surface area contributed by atoms with E-state index in [1.807, 2.05) is 17.7 Å². The lowest BCUT2D eigenvalue weighted by atomic mass is 10.1. The van der Waals surface area contributed by atoms with Gasteiger partial charge in [-0.2, -0.15) is 5.10 Å². The maximum atomic E-state index is 12.4. The highest BCUT2D eigenvalue weighted by Crippen LogP contribution is 2.26. The third kappa shape index (κ3) is 3.30. The average Bonchev–Trinajstić information content (AvgIpc) is 3.11. The van der Waals surface area contributed by atoms with E-state index in [9.17, 15) is 4.79 Å². The number of hydrogen-bond donors (Lipinski definition) is 1. The van der Waals surface area contributed by atoms with Crippen molar-refractivity contribution in [3.63, 3.8) is 0 Å². The number of fused-ring (bicyclic) bond motifs is 1. The summed E-state index contributed by atoms with van der Waals surface area (Å²) >= 11 is 0. The Balaban J connectivity index is 1.57. The zero-order valence-electron chi connectivity index (χ0n) is 15.0. The fraction of sp³-hybridized carbons (Fsp3) is 0.474. The molecule has 1 amide bonds. The highest BCUT2D eigenvalue weighted by Gasteiger charge is 2.21. The molecule has 0 fully saturated rings. The summed E-state index contributed by atoms with van der Waals surface area (Å²) in [5, 5.41) is 7.45. The molecule has 0 spiro atoms. The fourth-order valence-corrected chi connectivity index (χ4v) is 3.30. The van der Waals surface area contributed by atoms with Crippen LogP contribution in [0.2, 0.25) is 0 Å². The van der Waals surface area contributed by atoms with Crippen molar-refractivity contribution in [1.29, 1.82) is 0 Å². The Bertz CT molecular complexity index is 742. The molecule has 128 valence electrons. The van der Waals surface area contributed by atoms with Gasteiger partial charge in [0, 0.05) is 31.0 Å². The van der Waals surface area contributed by atoms with Crippen LogP contribution >= 0.6 is 0 Å². The predicted molar refractivity (Wildman–Crippen MR) is 96.7 cm³/mol. The van der Waals surface area contributed by atoms with Gasteiger partial charge in [-0.05, 0) is 51.8 Å². The van der Waals surface area contributed by atoms with Gasteiger partial charge in [-0.15, -0.1) is 0 Å². The lowest BCUT2D eigenvalue weighted by Crippen LogP contribution is -2.34. The number of aromatic nitrogens is 2. The van der Waals surface area contributed by atoms with Crippen molar-refractivity contribution >= 4 is 11.6 Å². The number of nitrogens with one attached hydrogen (secondary N) is 1. The lowest BCUT2D eigenvalue weighted by Gasteiger charge is -2.21. The first-order chi connectivity index (χ1) is 11.4. The van der Waals surface area contributed by atoms with E-state index in [1.165, 1.54) is 11.3 Å². The molecule has 1 aliphatic rings. The Morgan fingerprint density at radius 3 is 2.75 bits per heavy atom. The van der Waals surface area contributed by atoms with E-state index in [2.05, 4.69) is 60.4 Å². The number of hydrogen-bond acceptors (Lipinski definition) is 3. The largest absolute Gasteiger partial charge is 0.369 e. The number of anilines is 1. The van der Waals surface area contributed by atoms with Gasteiger partial charge in [-0.3, -0.25) is 9.48 Å². The van der Waals surface area contributed by atoms with Crippen LogP contribution < -0.4 is 10.2 Å². The van der Waals surface area contributed by atoms with E-state index in [0.717, 1.165) is 25.2 Å². The van der Waals surface area contributed by atoms with Crippen molar-refractivity contribution in [1.82, 2.24) is 15.1 Å². The second-order valence-corrected chi connectivity index (χ2v) is 7.38. The Morgan fingerprint density at radius 2 is 2.04 bits per heavy atom. The van der Waals surface area contributed by atoms with Crippen molar-refractivity contribution in [2.75, 3.05) is 24.5 Å². The molecule has 0 saturated carbocycles. The van der Waals surface area contributed by atoms with Crippen LogP contribution in [-0.2, 0) is 12.0 Å². The minimum absolute atomic E-state index is 0.103. The first kappa shape index (κ1) is 16.6. The predicted octanol–water partition coefficient (Wildman–Crippen LogP) is 2.74. The number of benzene rings is 1. The van der Waals surface area contributed by atoms with Gasteiger partial charge in [0.15, 0.2) is 0 Å². The number of carbonyl (C=O) groups excluding carboxylic acids is 1. The molecule has 24 heavy (non-hydrogen) atoms. The van der Waals surface area contributed by atoms with Gasteiger partial charge in [-0.1, -0.05) is 18.2 Å². The summed E-state index contributed by atoms with van der Waals surface area (Å²) in [7, 11) is 0. The zero-order chi connectivity index (χ0) is 17.3. The van der Waals surface area contributed by atoms with Crippen molar-refractivity contribution in [2.24, 2.45) is 0 Å². The van der Waals surface area contributed by atoms with Crippen LogP contribution in [0, 0.1) is 6.92 Å². The number of rotatable bonds is 4. The second kappa shape index (κ2) is 6.30. The van der Waals surface area contributed by atoms with Gasteiger partial charge in [0.25, 0.3) is 5.91 Å². The molecular weight excluding hydrogens is 300 g/mol. The summed E-state index contributed by atoms with van der Waals surface area (Å²) < 4.78 is 1.90. The van der Waals surface area contributed by atoms with Crippen molar-refractivity contribution in [2.45, 2.75) is 39.7 Å². The standard InChI is InChI=1S/C19H26N4O/c1-14-13-16(21-23(14)19(2,3)4)18(24)20-10-12-22-11-9-15-7-5-6-8-17(15)22/h5-8,13H,9-12H2,1-4H3,(H,20,24). The van der Waals surface area contributed by atoms with Crippen LogP contribution in [-0.4, -0.2) is 35.3 Å². The summed E-state index contributed by atoms with van der Waals surface area (Å²) in [6, 6.07) is 10.3.